The lowest BCUT2D eigenvalue weighted by Gasteiger charge is -2.06. The lowest BCUT2D eigenvalue weighted by Crippen LogP contribution is -1.99. The maximum absolute atomic E-state index is 13.3. The molecule has 0 amide bonds. The number of rotatable bonds is 2. The fraction of sp³-hybridized carbons (Fsp3) is 0.0625. The lowest BCUT2D eigenvalue weighted by atomic mass is 10.1. The van der Waals surface area contributed by atoms with Crippen LogP contribution >= 0.6 is 0 Å². The quantitative estimate of drug-likeness (QED) is 0.681. The van der Waals surface area contributed by atoms with Crippen molar-refractivity contribution < 1.29 is 4.39 Å². The van der Waals surface area contributed by atoms with Crippen LogP contribution in [0.2, 0.25) is 0 Å². The fourth-order valence-electron chi connectivity index (χ4n) is 2.23. The molecule has 2 nitrogen and oxygen atoms in total. The van der Waals surface area contributed by atoms with Crippen molar-refractivity contribution in [1.29, 1.82) is 5.26 Å². The molecule has 92 valence electrons. The molecule has 0 fully saturated rings. The van der Waals surface area contributed by atoms with Crippen LogP contribution in [-0.4, -0.2) is 4.57 Å². The number of fused-ring (bicyclic) bond motifs is 1. The van der Waals surface area contributed by atoms with Crippen LogP contribution in [0.4, 0.5) is 4.39 Å². The van der Waals surface area contributed by atoms with E-state index in [9.17, 15) is 4.39 Å². The Morgan fingerprint density at radius 1 is 1.11 bits per heavy atom. The molecule has 2 aromatic carbocycles. The average molecular weight is 250 g/mol. The van der Waals surface area contributed by atoms with Gasteiger partial charge < -0.3 is 4.57 Å². The summed E-state index contributed by atoms with van der Waals surface area (Å²) in [5, 5.41) is 10.0. The molecule has 0 atom stereocenters. The third-order valence-electron chi connectivity index (χ3n) is 3.18. The molecule has 1 aromatic heterocycles. The second-order valence-electron chi connectivity index (χ2n) is 4.43. The Balaban J connectivity index is 2.00. The minimum absolute atomic E-state index is 0.0916. The van der Waals surface area contributed by atoms with E-state index in [1.165, 1.54) is 11.5 Å². The first-order valence-electron chi connectivity index (χ1n) is 6.00. The van der Waals surface area contributed by atoms with Gasteiger partial charge in [0.2, 0.25) is 0 Å². The smallest absolute Gasteiger partial charge is 0.140 e. The Morgan fingerprint density at radius 3 is 2.79 bits per heavy atom. The first-order valence-corrected chi connectivity index (χ1v) is 6.00. The van der Waals surface area contributed by atoms with Crippen LogP contribution in [0.5, 0.6) is 0 Å². The molecule has 0 aliphatic rings. The molecule has 0 bridgehead atoms. The average Bonchev–Trinajstić information content (AvgIpc) is 2.84. The first-order chi connectivity index (χ1) is 9.28. The zero-order chi connectivity index (χ0) is 13.2. The van der Waals surface area contributed by atoms with E-state index in [4.69, 9.17) is 5.26 Å². The summed E-state index contributed by atoms with van der Waals surface area (Å²) in [5.41, 5.74) is 2.14. The molecule has 0 aliphatic heterocycles. The number of para-hydroxylation sites is 1. The van der Waals surface area contributed by atoms with Gasteiger partial charge in [0, 0.05) is 18.3 Å². The van der Waals surface area contributed by atoms with Gasteiger partial charge in [-0.25, -0.2) is 4.39 Å². The van der Waals surface area contributed by atoms with Gasteiger partial charge in [0.05, 0.1) is 5.56 Å². The highest BCUT2D eigenvalue weighted by molar-refractivity contribution is 5.80. The second kappa shape index (κ2) is 4.58. The number of benzene rings is 2. The van der Waals surface area contributed by atoms with Crippen molar-refractivity contribution >= 4 is 10.9 Å². The maximum Gasteiger partial charge on any atom is 0.140 e. The van der Waals surface area contributed by atoms with Crippen molar-refractivity contribution in [3.63, 3.8) is 0 Å². The van der Waals surface area contributed by atoms with Crippen molar-refractivity contribution in [2.45, 2.75) is 6.54 Å². The molecule has 3 aromatic rings. The van der Waals surface area contributed by atoms with Gasteiger partial charge in [-0.05, 0) is 35.2 Å². The van der Waals surface area contributed by atoms with Crippen LogP contribution < -0.4 is 0 Å². The van der Waals surface area contributed by atoms with Crippen LogP contribution in [-0.2, 0) is 6.54 Å². The fourth-order valence-corrected chi connectivity index (χ4v) is 2.23. The summed E-state index contributed by atoms with van der Waals surface area (Å²) >= 11 is 0. The number of hydrogen-bond donors (Lipinski definition) is 0. The van der Waals surface area contributed by atoms with E-state index in [0.717, 1.165) is 11.1 Å². The SMILES string of the molecule is N#Cc1cc(Cn2ccc3ccccc32)ccc1F. The Bertz CT molecular complexity index is 781. The van der Waals surface area contributed by atoms with Gasteiger partial charge in [0.1, 0.15) is 11.9 Å². The van der Waals surface area contributed by atoms with E-state index in [2.05, 4.69) is 10.6 Å². The first kappa shape index (κ1) is 11.5. The monoisotopic (exact) mass is 250 g/mol. The van der Waals surface area contributed by atoms with Crippen molar-refractivity contribution in [1.82, 2.24) is 4.57 Å². The summed E-state index contributed by atoms with van der Waals surface area (Å²) in [7, 11) is 0. The van der Waals surface area contributed by atoms with E-state index in [0.29, 0.717) is 6.54 Å². The highest BCUT2D eigenvalue weighted by atomic mass is 19.1. The molecule has 0 radical (unpaired) electrons. The molecular formula is C16H11FN2. The summed E-state index contributed by atoms with van der Waals surface area (Å²) < 4.78 is 15.4. The number of halogens is 1. The topological polar surface area (TPSA) is 28.7 Å². The third-order valence-corrected chi connectivity index (χ3v) is 3.18. The van der Waals surface area contributed by atoms with Crippen LogP contribution in [0.25, 0.3) is 10.9 Å². The number of hydrogen-bond acceptors (Lipinski definition) is 1. The van der Waals surface area contributed by atoms with Crippen molar-refractivity contribution in [2.24, 2.45) is 0 Å². The van der Waals surface area contributed by atoms with E-state index < -0.39 is 5.82 Å². The van der Waals surface area contributed by atoms with E-state index in [1.54, 1.807) is 12.1 Å². The van der Waals surface area contributed by atoms with Crippen molar-refractivity contribution in [3.8, 4) is 6.07 Å². The van der Waals surface area contributed by atoms with Crippen molar-refractivity contribution in [2.75, 3.05) is 0 Å². The molecular weight excluding hydrogens is 239 g/mol. The number of nitriles is 1. The van der Waals surface area contributed by atoms with Crippen LogP contribution in [0.1, 0.15) is 11.1 Å². The predicted molar refractivity (Wildman–Crippen MR) is 72.2 cm³/mol. The lowest BCUT2D eigenvalue weighted by molar-refractivity contribution is 0.622. The summed E-state index contributed by atoms with van der Waals surface area (Å²) in [4.78, 5) is 0. The van der Waals surface area contributed by atoms with Crippen molar-refractivity contribution in [3.05, 3.63) is 71.7 Å². The summed E-state index contributed by atoms with van der Waals surface area (Å²) in [6, 6.07) is 16.7. The summed E-state index contributed by atoms with van der Waals surface area (Å²) in [5.74, 6) is -0.469. The maximum atomic E-state index is 13.3. The Morgan fingerprint density at radius 2 is 1.95 bits per heavy atom. The van der Waals surface area contributed by atoms with Gasteiger partial charge in [-0.3, -0.25) is 0 Å². The largest absolute Gasteiger partial charge is 0.343 e. The van der Waals surface area contributed by atoms with E-state index in [1.807, 2.05) is 36.5 Å². The number of aromatic nitrogens is 1. The van der Waals surface area contributed by atoms with Crippen LogP contribution in [0, 0.1) is 17.1 Å². The Labute approximate surface area is 110 Å². The minimum Gasteiger partial charge on any atom is -0.343 e. The molecule has 0 saturated heterocycles. The minimum atomic E-state index is -0.469. The second-order valence-corrected chi connectivity index (χ2v) is 4.43. The summed E-state index contributed by atoms with van der Waals surface area (Å²) in [6.07, 6.45) is 2.00. The molecule has 0 N–H and O–H groups in total. The molecule has 1 heterocycles. The summed E-state index contributed by atoms with van der Waals surface area (Å²) in [6.45, 7) is 0.627. The molecule has 0 aliphatic carbocycles. The Hall–Kier alpha value is -2.60. The molecule has 3 rings (SSSR count). The molecule has 0 saturated carbocycles. The zero-order valence-electron chi connectivity index (χ0n) is 10.2. The zero-order valence-corrected chi connectivity index (χ0v) is 10.2. The van der Waals surface area contributed by atoms with Crippen LogP contribution in [0.3, 0.4) is 0 Å². The van der Waals surface area contributed by atoms with Gasteiger partial charge in [-0.1, -0.05) is 24.3 Å². The van der Waals surface area contributed by atoms with Gasteiger partial charge in [-0.15, -0.1) is 0 Å². The molecule has 3 heteroatoms. The normalized spacial score (nSPS) is 10.5. The molecule has 19 heavy (non-hydrogen) atoms. The number of nitrogens with zero attached hydrogens (tertiary/aromatic N) is 2. The van der Waals surface area contributed by atoms with Gasteiger partial charge >= 0.3 is 0 Å². The van der Waals surface area contributed by atoms with E-state index in [-0.39, 0.29) is 5.56 Å². The highest BCUT2D eigenvalue weighted by Crippen LogP contribution is 2.18. The van der Waals surface area contributed by atoms with E-state index >= 15 is 0 Å². The van der Waals surface area contributed by atoms with Gasteiger partial charge in [-0.2, -0.15) is 5.26 Å². The van der Waals surface area contributed by atoms with Gasteiger partial charge in [0.25, 0.3) is 0 Å². The predicted octanol–water partition coefficient (Wildman–Crippen LogP) is 3.70. The molecule has 0 spiro atoms. The van der Waals surface area contributed by atoms with Gasteiger partial charge in [0.15, 0.2) is 0 Å². The highest BCUT2D eigenvalue weighted by Gasteiger charge is 2.05. The Kier molecular flexibility index (Phi) is 2.77. The standard InChI is InChI=1S/C16H11FN2/c17-15-6-5-12(9-14(15)10-18)11-19-8-7-13-3-1-2-4-16(13)19/h1-9H,11H2. The third kappa shape index (κ3) is 2.09. The molecule has 0 unspecified atom stereocenters. The van der Waals surface area contributed by atoms with Crippen LogP contribution in [0.15, 0.2) is 54.7 Å².